The molecule has 1 aromatic carbocycles. The van der Waals surface area contributed by atoms with Crippen LogP contribution in [0, 0.1) is 0 Å². The molecule has 0 bridgehead atoms. The van der Waals surface area contributed by atoms with E-state index >= 15 is 0 Å². The maximum Gasteiger partial charge on any atom is 0.140 e. The van der Waals surface area contributed by atoms with E-state index in [9.17, 15) is 0 Å². The molecule has 0 unspecified atom stereocenters. The van der Waals surface area contributed by atoms with Crippen LogP contribution >= 0.6 is 11.6 Å². The molecule has 0 atom stereocenters. The Balaban J connectivity index is 2.70. The van der Waals surface area contributed by atoms with Crippen LogP contribution < -0.4 is 0 Å². The van der Waals surface area contributed by atoms with Crippen LogP contribution in [0.1, 0.15) is 26.3 Å². The number of aromatic nitrogens is 2. The molecule has 0 spiro atoms. The normalized spacial score (nSPS) is 12.0. The lowest BCUT2D eigenvalue weighted by atomic mass is 9.86. The van der Waals surface area contributed by atoms with E-state index in [0.29, 0.717) is 5.15 Å². The monoisotopic (exact) mass is 220 g/mol. The van der Waals surface area contributed by atoms with Crippen LogP contribution in [0.5, 0.6) is 0 Å². The van der Waals surface area contributed by atoms with Crippen molar-refractivity contribution in [1.29, 1.82) is 0 Å². The Kier molecular flexibility index (Phi) is 2.39. The van der Waals surface area contributed by atoms with Crippen molar-refractivity contribution in [3.8, 4) is 0 Å². The summed E-state index contributed by atoms with van der Waals surface area (Å²) in [5.74, 6) is 0. The van der Waals surface area contributed by atoms with Gasteiger partial charge in [0, 0.05) is 5.39 Å². The zero-order chi connectivity index (χ0) is 11.1. The van der Waals surface area contributed by atoms with E-state index in [1.165, 1.54) is 11.9 Å². The van der Waals surface area contributed by atoms with Crippen LogP contribution in [0.15, 0.2) is 24.5 Å². The third kappa shape index (κ3) is 1.95. The maximum atomic E-state index is 6.03. The van der Waals surface area contributed by atoms with E-state index in [2.05, 4.69) is 42.9 Å². The van der Waals surface area contributed by atoms with Gasteiger partial charge in [-0.2, -0.15) is 0 Å². The van der Waals surface area contributed by atoms with Crippen molar-refractivity contribution in [3.63, 3.8) is 0 Å². The average Bonchev–Trinajstić information content (AvgIpc) is 2.16. The third-order valence-electron chi connectivity index (χ3n) is 2.45. The lowest BCUT2D eigenvalue weighted by molar-refractivity contribution is 0.591. The molecule has 3 heteroatoms. The molecule has 1 heterocycles. The number of hydrogen-bond donors (Lipinski definition) is 0. The molecule has 2 rings (SSSR count). The van der Waals surface area contributed by atoms with Crippen LogP contribution in [-0.2, 0) is 5.41 Å². The van der Waals surface area contributed by atoms with E-state index in [0.717, 1.165) is 10.9 Å². The molecule has 0 radical (unpaired) electrons. The van der Waals surface area contributed by atoms with Gasteiger partial charge in [0.1, 0.15) is 11.5 Å². The fourth-order valence-corrected chi connectivity index (χ4v) is 1.69. The second kappa shape index (κ2) is 3.46. The minimum absolute atomic E-state index is 0.118. The summed E-state index contributed by atoms with van der Waals surface area (Å²) in [7, 11) is 0. The van der Waals surface area contributed by atoms with Crippen molar-refractivity contribution < 1.29 is 0 Å². The highest BCUT2D eigenvalue weighted by Gasteiger charge is 2.14. The number of rotatable bonds is 0. The van der Waals surface area contributed by atoms with Crippen molar-refractivity contribution in [2.24, 2.45) is 0 Å². The molecule has 0 saturated heterocycles. The maximum absolute atomic E-state index is 6.03. The van der Waals surface area contributed by atoms with Crippen molar-refractivity contribution in [2.45, 2.75) is 26.2 Å². The first-order valence-corrected chi connectivity index (χ1v) is 5.27. The van der Waals surface area contributed by atoms with Crippen molar-refractivity contribution in [3.05, 3.63) is 35.2 Å². The largest absolute Gasteiger partial charge is 0.236 e. The fourth-order valence-electron chi connectivity index (χ4n) is 1.49. The topological polar surface area (TPSA) is 25.8 Å². The predicted octanol–water partition coefficient (Wildman–Crippen LogP) is 3.58. The fraction of sp³-hybridized carbons (Fsp3) is 0.333. The van der Waals surface area contributed by atoms with Gasteiger partial charge in [-0.25, -0.2) is 9.97 Å². The van der Waals surface area contributed by atoms with Gasteiger partial charge in [-0.1, -0.05) is 38.4 Å². The van der Waals surface area contributed by atoms with Gasteiger partial charge in [0.15, 0.2) is 0 Å². The van der Waals surface area contributed by atoms with Crippen molar-refractivity contribution in [2.75, 3.05) is 0 Å². The number of nitrogens with zero attached hydrogens (tertiary/aromatic N) is 2. The van der Waals surface area contributed by atoms with Gasteiger partial charge in [0.05, 0.1) is 5.52 Å². The first-order chi connectivity index (χ1) is 6.98. The number of fused-ring (bicyclic) bond motifs is 1. The Hall–Kier alpha value is -1.15. The number of halogens is 1. The summed E-state index contributed by atoms with van der Waals surface area (Å²) in [6, 6.07) is 6.15. The molecule has 1 aromatic heterocycles. The summed E-state index contributed by atoms with van der Waals surface area (Å²) >= 11 is 6.03. The van der Waals surface area contributed by atoms with Crippen molar-refractivity contribution in [1.82, 2.24) is 9.97 Å². The quantitative estimate of drug-likeness (QED) is 0.635. The second-order valence-corrected chi connectivity index (χ2v) is 5.00. The standard InChI is InChI=1S/C12H13ClN2/c1-12(2,3)8-4-5-10-9(6-8)11(13)15-7-14-10/h4-7H,1-3H3. The molecular weight excluding hydrogens is 208 g/mol. The van der Waals surface area contributed by atoms with E-state index in [1.54, 1.807) is 0 Å². The van der Waals surface area contributed by atoms with Gasteiger partial charge in [-0.05, 0) is 23.1 Å². The van der Waals surface area contributed by atoms with Crippen LogP contribution in [-0.4, -0.2) is 9.97 Å². The Morgan fingerprint density at radius 1 is 1.13 bits per heavy atom. The van der Waals surface area contributed by atoms with Gasteiger partial charge < -0.3 is 0 Å². The highest BCUT2D eigenvalue weighted by atomic mass is 35.5. The van der Waals surface area contributed by atoms with Gasteiger partial charge in [-0.15, -0.1) is 0 Å². The molecule has 2 nitrogen and oxygen atoms in total. The molecule has 0 aliphatic heterocycles. The predicted molar refractivity (Wildman–Crippen MR) is 63.2 cm³/mol. The second-order valence-electron chi connectivity index (χ2n) is 4.65. The summed E-state index contributed by atoms with van der Waals surface area (Å²) in [5, 5.41) is 1.44. The van der Waals surface area contributed by atoms with Crippen LogP contribution in [0.2, 0.25) is 5.15 Å². The molecular formula is C12H13ClN2. The minimum atomic E-state index is 0.118. The lowest BCUT2D eigenvalue weighted by Gasteiger charge is -2.19. The number of benzene rings is 1. The van der Waals surface area contributed by atoms with E-state index in [-0.39, 0.29) is 5.41 Å². The average molecular weight is 221 g/mol. The molecule has 15 heavy (non-hydrogen) atoms. The zero-order valence-electron chi connectivity index (χ0n) is 9.08. The van der Waals surface area contributed by atoms with Gasteiger partial charge >= 0.3 is 0 Å². The molecule has 0 N–H and O–H groups in total. The zero-order valence-corrected chi connectivity index (χ0v) is 9.84. The summed E-state index contributed by atoms with van der Waals surface area (Å²) < 4.78 is 0. The third-order valence-corrected chi connectivity index (χ3v) is 2.75. The highest BCUT2D eigenvalue weighted by molar-refractivity contribution is 6.34. The molecule has 0 aliphatic carbocycles. The first-order valence-electron chi connectivity index (χ1n) is 4.89. The lowest BCUT2D eigenvalue weighted by Crippen LogP contribution is -2.10. The molecule has 0 amide bonds. The molecule has 78 valence electrons. The Morgan fingerprint density at radius 3 is 2.53 bits per heavy atom. The van der Waals surface area contributed by atoms with E-state index in [4.69, 9.17) is 11.6 Å². The van der Waals surface area contributed by atoms with Crippen LogP contribution in [0.4, 0.5) is 0 Å². The Morgan fingerprint density at radius 2 is 1.87 bits per heavy atom. The summed E-state index contributed by atoms with van der Waals surface area (Å²) in [5.41, 5.74) is 2.25. The number of hydrogen-bond acceptors (Lipinski definition) is 2. The Labute approximate surface area is 94.3 Å². The summed E-state index contributed by atoms with van der Waals surface area (Å²) in [6.07, 6.45) is 1.49. The molecule has 0 saturated carbocycles. The molecule has 0 aliphatic rings. The van der Waals surface area contributed by atoms with Crippen LogP contribution in [0.3, 0.4) is 0 Å². The summed E-state index contributed by atoms with van der Waals surface area (Å²) in [4.78, 5) is 8.15. The molecule has 0 fully saturated rings. The smallest absolute Gasteiger partial charge is 0.140 e. The Bertz CT molecular complexity index is 500. The van der Waals surface area contributed by atoms with Gasteiger partial charge in [-0.3, -0.25) is 0 Å². The first kappa shape index (κ1) is 10.4. The van der Waals surface area contributed by atoms with E-state index in [1.807, 2.05) is 6.07 Å². The van der Waals surface area contributed by atoms with E-state index < -0.39 is 0 Å². The van der Waals surface area contributed by atoms with Crippen molar-refractivity contribution >= 4 is 22.5 Å². The highest BCUT2D eigenvalue weighted by Crippen LogP contribution is 2.27. The SMILES string of the molecule is CC(C)(C)c1ccc2ncnc(Cl)c2c1. The van der Waals surface area contributed by atoms with Gasteiger partial charge in [0.2, 0.25) is 0 Å². The minimum Gasteiger partial charge on any atom is -0.236 e. The van der Waals surface area contributed by atoms with Gasteiger partial charge in [0.25, 0.3) is 0 Å². The summed E-state index contributed by atoms with van der Waals surface area (Å²) in [6.45, 7) is 6.52. The molecule has 2 aromatic rings. The van der Waals surface area contributed by atoms with Crippen LogP contribution in [0.25, 0.3) is 10.9 Å².